The molecule has 0 unspecified atom stereocenters. The van der Waals surface area contributed by atoms with E-state index in [1.807, 2.05) is 31.2 Å². The molecule has 1 heterocycles. The molecule has 2 aliphatic rings. The van der Waals surface area contributed by atoms with Crippen molar-refractivity contribution in [2.24, 2.45) is 5.41 Å². The lowest BCUT2D eigenvalue weighted by Crippen LogP contribution is -2.42. The Balaban J connectivity index is 1.58. The second-order valence-electron chi connectivity index (χ2n) is 7.17. The molecule has 1 N–H and O–H groups in total. The second kappa shape index (κ2) is 6.57. The number of para-hydroxylation sites is 1. The van der Waals surface area contributed by atoms with Gasteiger partial charge in [0.1, 0.15) is 11.2 Å². The van der Waals surface area contributed by atoms with E-state index < -0.39 is 5.41 Å². The maximum absolute atomic E-state index is 13.2. The van der Waals surface area contributed by atoms with Crippen LogP contribution in [0.3, 0.4) is 0 Å². The minimum Gasteiger partial charge on any atom is -0.495 e. The Morgan fingerprint density at radius 2 is 1.96 bits per heavy atom. The molecule has 2 aromatic rings. The van der Waals surface area contributed by atoms with Gasteiger partial charge in [0.05, 0.1) is 12.8 Å². The topological polar surface area (TPSA) is 58.6 Å². The summed E-state index contributed by atoms with van der Waals surface area (Å²) in [6, 6.07) is 11.3. The highest BCUT2D eigenvalue weighted by Crippen LogP contribution is 2.50. The highest BCUT2D eigenvalue weighted by Gasteiger charge is 2.58. The number of hydrogen-bond donors (Lipinski definition) is 1. The summed E-state index contributed by atoms with van der Waals surface area (Å²) in [6.45, 7) is 2.48. The lowest BCUT2D eigenvalue weighted by atomic mass is 10.0. The van der Waals surface area contributed by atoms with Crippen LogP contribution >= 0.6 is 11.6 Å². The number of aryl methyl sites for hydroxylation is 1. The molecule has 4 rings (SSSR count). The van der Waals surface area contributed by atoms with Crippen LogP contribution in [0.15, 0.2) is 36.4 Å². The summed E-state index contributed by atoms with van der Waals surface area (Å²) in [5, 5.41) is 3.46. The number of nitrogens with zero attached hydrogens (tertiary/aromatic N) is 1. The normalized spacial score (nSPS) is 16.6. The van der Waals surface area contributed by atoms with Crippen molar-refractivity contribution in [2.75, 3.05) is 23.9 Å². The third-order valence-electron chi connectivity index (χ3n) is 5.46. The van der Waals surface area contributed by atoms with E-state index in [1.165, 1.54) is 7.11 Å². The van der Waals surface area contributed by atoms with Crippen LogP contribution in [0.5, 0.6) is 5.75 Å². The fourth-order valence-electron chi connectivity index (χ4n) is 3.64. The zero-order valence-electron chi connectivity index (χ0n) is 15.3. The van der Waals surface area contributed by atoms with E-state index in [2.05, 4.69) is 5.32 Å². The summed E-state index contributed by atoms with van der Waals surface area (Å²) in [4.78, 5) is 28.0. The third-order valence-corrected chi connectivity index (χ3v) is 5.86. The lowest BCUT2D eigenvalue weighted by Gasteiger charge is -2.24. The highest BCUT2D eigenvalue weighted by atomic mass is 35.5. The summed E-state index contributed by atoms with van der Waals surface area (Å²) in [7, 11) is 1.52. The Hall–Kier alpha value is -2.53. The number of halogens is 1. The smallest absolute Gasteiger partial charge is 0.242 e. The highest BCUT2D eigenvalue weighted by molar-refractivity contribution is 6.31. The van der Waals surface area contributed by atoms with Crippen molar-refractivity contribution in [1.29, 1.82) is 0 Å². The van der Waals surface area contributed by atoms with E-state index in [0.29, 0.717) is 35.8 Å². The van der Waals surface area contributed by atoms with Crippen molar-refractivity contribution in [3.05, 3.63) is 52.5 Å². The van der Waals surface area contributed by atoms with Crippen LogP contribution in [-0.2, 0) is 16.0 Å². The first-order chi connectivity index (χ1) is 13.0. The van der Waals surface area contributed by atoms with E-state index in [1.54, 1.807) is 17.0 Å². The van der Waals surface area contributed by atoms with E-state index in [9.17, 15) is 9.59 Å². The summed E-state index contributed by atoms with van der Waals surface area (Å²) in [5.74, 6) is 0.0835. The van der Waals surface area contributed by atoms with Crippen LogP contribution < -0.4 is 15.0 Å². The van der Waals surface area contributed by atoms with Crippen LogP contribution in [-0.4, -0.2) is 25.5 Å². The number of carbonyl (C=O) groups excluding carboxylic acids is 2. The number of fused-ring (bicyclic) bond motifs is 1. The number of benzene rings is 2. The Morgan fingerprint density at radius 3 is 2.67 bits per heavy atom. The Bertz CT molecular complexity index is 937. The van der Waals surface area contributed by atoms with Gasteiger partial charge in [0.25, 0.3) is 0 Å². The number of anilines is 2. The van der Waals surface area contributed by atoms with Gasteiger partial charge in [-0.3, -0.25) is 9.59 Å². The maximum atomic E-state index is 13.2. The number of rotatable bonds is 4. The molecule has 0 spiro atoms. The average Bonchev–Trinajstić information content (AvgIpc) is 3.37. The predicted molar refractivity (Wildman–Crippen MR) is 106 cm³/mol. The van der Waals surface area contributed by atoms with Crippen LogP contribution in [0.2, 0.25) is 5.02 Å². The number of ether oxygens (including phenoxy) is 1. The molecule has 0 saturated heterocycles. The van der Waals surface area contributed by atoms with Crippen molar-refractivity contribution >= 4 is 34.8 Å². The van der Waals surface area contributed by atoms with Crippen molar-refractivity contribution in [3.8, 4) is 5.75 Å². The van der Waals surface area contributed by atoms with Gasteiger partial charge in [-0.05, 0) is 49.4 Å². The zero-order chi connectivity index (χ0) is 19.2. The largest absolute Gasteiger partial charge is 0.495 e. The Labute approximate surface area is 163 Å². The minimum absolute atomic E-state index is 0.116. The van der Waals surface area contributed by atoms with Crippen molar-refractivity contribution in [2.45, 2.75) is 26.2 Å². The van der Waals surface area contributed by atoms with E-state index >= 15 is 0 Å². The molecule has 1 aliphatic heterocycles. The second-order valence-corrected chi connectivity index (χ2v) is 7.58. The maximum Gasteiger partial charge on any atom is 0.242 e. The van der Waals surface area contributed by atoms with E-state index in [4.69, 9.17) is 16.3 Å². The summed E-state index contributed by atoms with van der Waals surface area (Å²) in [5.41, 5.74) is 2.44. The lowest BCUT2D eigenvalue weighted by molar-refractivity contribution is -0.132. The van der Waals surface area contributed by atoms with Crippen LogP contribution in [0.4, 0.5) is 11.4 Å². The number of amides is 2. The molecule has 1 saturated carbocycles. The number of hydrogen-bond acceptors (Lipinski definition) is 3. The molecule has 27 heavy (non-hydrogen) atoms. The number of carbonyl (C=O) groups is 2. The standard InChI is InChI=1S/C21H21ClN2O3/c1-13-11-16(18(27-2)12-15(13)22)23-19(25)21(8-9-21)20(26)24-10-7-14-5-3-4-6-17(14)24/h3-6,11-12H,7-10H2,1-2H3,(H,23,25). The fourth-order valence-corrected chi connectivity index (χ4v) is 3.80. The van der Waals surface area contributed by atoms with Crippen LogP contribution in [0, 0.1) is 12.3 Å². The predicted octanol–water partition coefficient (Wildman–Crippen LogP) is 3.97. The molecule has 2 aromatic carbocycles. The number of nitrogens with one attached hydrogen (secondary N) is 1. The molecule has 0 radical (unpaired) electrons. The minimum atomic E-state index is -0.990. The van der Waals surface area contributed by atoms with Crippen LogP contribution in [0.1, 0.15) is 24.0 Å². The van der Waals surface area contributed by atoms with Crippen molar-refractivity contribution in [1.82, 2.24) is 0 Å². The van der Waals surface area contributed by atoms with Gasteiger partial charge in [0, 0.05) is 23.3 Å². The first kappa shape index (κ1) is 17.9. The molecule has 1 fully saturated rings. The Kier molecular flexibility index (Phi) is 4.35. The molecule has 0 atom stereocenters. The molecule has 1 aliphatic carbocycles. The van der Waals surface area contributed by atoms with Gasteiger partial charge in [0.15, 0.2) is 0 Å². The SMILES string of the molecule is COc1cc(Cl)c(C)cc1NC(=O)C1(C(=O)N2CCc3ccccc32)CC1. The monoisotopic (exact) mass is 384 g/mol. The van der Waals surface area contributed by atoms with Gasteiger partial charge in [-0.25, -0.2) is 0 Å². The van der Waals surface area contributed by atoms with Crippen molar-refractivity contribution in [3.63, 3.8) is 0 Å². The first-order valence-corrected chi connectivity index (χ1v) is 9.39. The van der Waals surface area contributed by atoms with Gasteiger partial charge in [0.2, 0.25) is 11.8 Å². The van der Waals surface area contributed by atoms with Gasteiger partial charge >= 0.3 is 0 Å². The Morgan fingerprint density at radius 1 is 1.22 bits per heavy atom. The first-order valence-electron chi connectivity index (χ1n) is 9.02. The molecule has 5 nitrogen and oxygen atoms in total. The zero-order valence-corrected chi connectivity index (χ0v) is 16.1. The molecular weight excluding hydrogens is 364 g/mol. The van der Waals surface area contributed by atoms with Gasteiger partial charge in [-0.2, -0.15) is 0 Å². The van der Waals surface area contributed by atoms with Gasteiger partial charge in [-0.1, -0.05) is 29.8 Å². The average molecular weight is 385 g/mol. The molecular formula is C21H21ClN2O3. The van der Waals surface area contributed by atoms with Crippen molar-refractivity contribution < 1.29 is 14.3 Å². The van der Waals surface area contributed by atoms with E-state index in [0.717, 1.165) is 23.2 Å². The quantitative estimate of drug-likeness (QED) is 0.811. The molecule has 0 aromatic heterocycles. The summed E-state index contributed by atoms with van der Waals surface area (Å²) >= 11 is 6.13. The van der Waals surface area contributed by atoms with Gasteiger partial charge in [-0.15, -0.1) is 0 Å². The fraction of sp³-hybridized carbons (Fsp3) is 0.333. The molecule has 140 valence electrons. The summed E-state index contributed by atoms with van der Waals surface area (Å²) in [6.07, 6.45) is 1.94. The summed E-state index contributed by atoms with van der Waals surface area (Å²) < 4.78 is 5.33. The molecule has 6 heteroatoms. The molecule has 2 amide bonds. The van der Waals surface area contributed by atoms with Gasteiger partial charge < -0.3 is 15.0 Å². The third kappa shape index (κ3) is 2.96. The van der Waals surface area contributed by atoms with Crippen LogP contribution in [0.25, 0.3) is 0 Å². The molecule has 0 bridgehead atoms. The number of methoxy groups -OCH3 is 1. The van der Waals surface area contributed by atoms with E-state index in [-0.39, 0.29) is 11.8 Å².